The number of rotatable bonds is 6. The predicted molar refractivity (Wildman–Crippen MR) is 86.2 cm³/mol. The summed E-state index contributed by atoms with van der Waals surface area (Å²) in [5.74, 6) is -0.793. The van der Waals surface area contributed by atoms with Gasteiger partial charge in [-0.05, 0) is 31.9 Å². The van der Waals surface area contributed by atoms with Crippen molar-refractivity contribution >= 4 is 39.1 Å². The highest BCUT2D eigenvalue weighted by Gasteiger charge is 2.27. The van der Waals surface area contributed by atoms with Crippen LogP contribution in [-0.4, -0.2) is 39.7 Å². The van der Waals surface area contributed by atoms with Crippen LogP contribution >= 0.6 is 23.2 Å². The first-order chi connectivity index (χ1) is 10.8. The molecule has 1 saturated heterocycles. The molecule has 1 N–H and O–H groups in total. The van der Waals surface area contributed by atoms with Crippen LogP contribution in [0.4, 0.5) is 0 Å². The third-order valence-electron chi connectivity index (χ3n) is 3.35. The van der Waals surface area contributed by atoms with Gasteiger partial charge in [-0.1, -0.05) is 29.3 Å². The second-order valence-corrected chi connectivity index (χ2v) is 7.56. The third kappa shape index (κ3) is 4.81. The molecule has 1 aromatic rings. The molecule has 0 unspecified atom stereocenters. The molecule has 0 aromatic heterocycles. The Balaban J connectivity index is 2.00. The van der Waals surface area contributed by atoms with Gasteiger partial charge in [-0.15, -0.1) is 0 Å². The quantitative estimate of drug-likeness (QED) is 0.817. The number of ether oxygens (including phenoxy) is 2. The number of nitrogens with one attached hydrogen (secondary N) is 1. The molecule has 1 amide bonds. The molecular weight excluding hydrogens is 365 g/mol. The van der Waals surface area contributed by atoms with Gasteiger partial charge in [-0.3, -0.25) is 4.79 Å². The second-order valence-electron chi connectivity index (χ2n) is 5.13. The molecule has 23 heavy (non-hydrogen) atoms. The Morgan fingerprint density at radius 2 is 2.09 bits per heavy atom. The molecule has 1 aromatic carbocycles. The van der Waals surface area contributed by atoms with Gasteiger partial charge in [0.2, 0.25) is 0 Å². The first kappa shape index (κ1) is 18.5. The van der Waals surface area contributed by atoms with Crippen LogP contribution in [0.25, 0.3) is 0 Å². The maximum Gasteiger partial charge on any atom is 0.267 e. The summed E-state index contributed by atoms with van der Waals surface area (Å²) in [7, 11) is -4.18. The van der Waals surface area contributed by atoms with Crippen molar-refractivity contribution in [3.05, 3.63) is 28.2 Å². The number of carbonyl (C=O) groups is 1. The highest BCUT2D eigenvalue weighted by molar-refractivity contribution is 7.90. The van der Waals surface area contributed by atoms with Crippen LogP contribution in [0.2, 0.25) is 10.0 Å². The summed E-state index contributed by atoms with van der Waals surface area (Å²) >= 11 is 11.7. The van der Waals surface area contributed by atoms with Crippen molar-refractivity contribution in [3.8, 4) is 0 Å². The summed E-state index contributed by atoms with van der Waals surface area (Å²) < 4.78 is 37.2. The fraction of sp³-hybridized carbons (Fsp3) is 0.500. The molecular formula is C14H17Cl2NO5S. The van der Waals surface area contributed by atoms with Gasteiger partial charge in [0, 0.05) is 6.61 Å². The molecule has 2 rings (SSSR count). The first-order valence-electron chi connectivity index (χ1n) is 7.05. The van der Waals surface area contributed by atoms with E-state index in [2.05, 4.69) is 0 Å². The summed E-state index contributed by atoms with van der Waals surface area (Å²) in [6.07, 6.45) is 0.811. The van der Waals surface area contributed by atoms with E-state index in [1.54, 1.807) is 0 Å². The Labute approximate surface area is 145 Å². The monoisotopic (exact) mass is 381 g/mol. The van der Waals surface area contributed by atoms with Gasteiger partial charge >= 0.3 is 0 Å². The number of hydrogen-bond acceptors (Lipinski definition) is 5. The standard InChI is InChI=1S/C14H17Cl2NO5S/c1-9(22-8-10-4-3-7-21-10)14(18)17-23(19,20)13-11(15)5-2-6-12(13)16/h2,5-6,9-10H,3-4,7-8H2,1H3,(H,17,18)/t9-,10-/m1/s1. The SMILES string of the molecule is C[C@@H](OC[C@H]1CCCO1)C(=O)NS(=O)(=O)c1c(Cl)cccc1Cl. The Kier molecular flexibility index (Phi) is 6.27. The van der Waals surface area contributed by atoms with E-state index in [4.69, 9.17) is 32.7 Å². The van der Waals surface area contributed by atoms with E-state index in [0.717, 1.165) is 12.8 Å². The van der Waals surface area contributed by atoms with Crippen LogP contribution in [0.3, 0.4) is 0 Å². The van der Waals surface area contributed by atoms with Crippen molar-refractivity contribution in [2.45, 2.75) is 36.9 Å². The molecule has 0 aliphatic carbocycles. The number of benzene rings is 1. The molecule has 2 atom stereocenters. The van der Waals surface area contributed by atoms with Crippen molar-refractivity contribution in [1.82, 2.24) is 4.72 Å². The van der Waals surface area contributed by atoms with Crippen molar-refractivity contribution in [2.75, 3.05) is 13.2 Å². The summed E-state index contributed by atoms with van der Waals surface area (Å²) in [5, 5.41) is -0.128. The minimum absolute atomic E-state index is 0.0557. The lowest BCUT2D eigenvalue weighted by atomic mass is 10.2. The zero-order valence-electron chi connectivity index (χ0n) is 12.4. The highest BCUT2D eigenvalue weighted by Crippen LogP contribution is 2.28. The summed E-state index contributed by atoms with van der Waals surface area (Å²) in [6.45, 7) is 2.38. The van der Waals surface area contributed by atoms with Crippen molar-refractivity contribution < 1.29 is 22.7 Å². The molecule has 0 radical (unpaired) electrons. The van der Waals surface area contributed by atoms with E-state index in [1.165, 1.54) is 25.1 Å². The number of hydrogen-bond donors (Lipinski definition) is 1. The first-order valence-corrected chi connectivity index (χ1v) is 9.29. The second kappa shape index (κ2) is 7.81. The summed E-state index contributed by atoms with van der Waals surface area (Å²) in [5.41, 5.74) is 0. The van der Waals surface area contributed by atoms with Crippen molar-refractivity contribution in [2.24, 2.45) is 0 Å². The highest BCUT2D eigenvalue weighted by atomic mass is 35.5. The lowest BCUT2D eigenvalue weighted by Gasteiger charge is -2.16. The summed E-state index contributed by atoms with van der Waals surface area (Å²) in [6, 6.07) is 4.27. The van der Waals surface area contributed by atoms with Crippen LogP contribution in [-0.2, 0) is 24.3 Å². The van der Waals surface area contributed by atoms with Gasteiger partial charge in [0.15, 0.2) is 0 Å². The van der Waals surface area contributed by atoms with E-state index in [1.807, 2.05) is 4.72 Å². The van der Waals surface area contributed by atoms with Gasteiger partial charge in [-0.25, -0.2) is 13.1 Å². The molecule has 0 spiro atoms. The van der Waals surface area contributed by atoms with Gasteiger partial charge in [-0.2, -0.15) is 0 Å². The predicted octanol–water partition coefficient (Wildman–Crippen LogP) is 2.38. The van der Waals surface area contributed by atoms with Gasteiger partial charge in [0.1, 0.15) is 11.0 Å². The van der Waals surface area contributed by atoms with Gasteiger partial charge < -0.3 is 9.47 Å². The van der Waals surface area contributed by atoms with Crippen LogP contribution in [0.1, 0.15) is 19.8 Å². The van der Waals surface area contributed by atoms with E-state index in [9.17, 15) is 13.2 Å². The molecule has 9 heteroatoms. The summed E-state index contributed by atoms with van der Waals surface area (Å²) in [4.78, 5) is 11.7. The van der Waals surface area contributed by atoms with Crippen LogP contribution in [0.15, 0.2) is 23.1 Å². The molecule has 1 fully saturated rings. The minimum Gasteiger partial charge on any atom is -0.376 e. The van der Waals surface area contributed by atoms with Gasteiger partial charge in [0.05, 0.1) is 22.8 Å². The zero-order chi connectivity index (χ0) is 17.0. The number of carbonyl (C=O) groups excluding carboxylic acids is 1. The van der Waals surface area contributed by atoms with E-state index in [-0.39, 0.29) is 27.7 Å². The van der Waals surface area contributed by atoms with Crippen LogP contribution < -0.4 is 4.72 Å². The number of sulfonamides is 1. The third-order valence-corrected chi connectivity index (χ3v) is 5.65. The van der Waals surface area contributed by atoms with Crippen molar-refractivity contribution in [1.29, 1.82) is 0 Å². The minimum atomic E-state index is -4.18. The van der Waals surface area contributed by atoms with E-state index >= 15 is 0 Å². The van der Waals surface area contributed by atoms with Crippen LogP contribution in [0, 0.1) is 0 Å². The fourth-order valence-corrected chi connectivity index (χ4v) is 4.30. The molecule has 1 aliphatic heterocycles. The zero-order valence-corrected chi connectivity index (χ0v) is 14.7. The number of halogens is 2. The maximum absolute atomic E-state index is 12.3. The Bertz CT molecular complexity index is 653. The lowest BCUT2D eigenvalue weighted by molar-refractivity contribution is -0.131. The lowest BCUT2D eigenvalue weighted by Crippen LogP contribution is -2.39. The Hall–Kier alpha value is -0.860. The Morgan fingerprint density at radius 3 is 2.65 bits per heavy atom. The topological polar surface area (TPSA) is 81.7 Å². The van der Waals surface area contributed by atoms with Crippen molar-refractivity contribution in [3.63, 3.8) is 0 Å². The van der Waals surface area contributed by atoms with E-state index in [0.29, 0.717) is 6.61 Å². The molecule has 0 saturated carbocycles. The maximum atomic E-state index is 12.3. The average Bonchev–Trinajstić information content (AvgIpc) is 2.96. The molecule has 1 heterocycles. The number of amides is 1. The largest absolute Gasteiger partial charge is 0.376 e. The van der Waals surface area contributed by atoms with E-state index < -0.39 is 22.0 Å². The molecule has 6 nitrogen and oxygen atoms in total. The molecule has 0 bridgehead atoms. The average molecular weight is 382 g/mol. The van der Waals surface area contributed by atoms with Gasteiger partial charge in [0.25, 0.3) is 15.9 Å². The fourth-order valence-electron chi connectivity index (χ4n) is 2.11. The molecule has 128 valence electrons. The molecule has 1 aliphatic rings. The normalized spacial score (nSPS) is 19.5. The van der Waals surface area contributed by atoms with Crippen LogP contribution in [0.5, 0.6) is 0 Å². The smallest absolute Gasteiger partial charge is 0.267 e. The Morgan fingerprint density at radius 1 is 1.43 bits per heavy atom.